The highest BCUT2D eigenvalue weighted by molar-refractivity contribution is 7.07. The van der Waals surface area contributed by atoms with Crippen molar-refractivity contribution in [2.45, 2.75) is 13.3 Å². The van der Waals surface area contributed by atoms with Gasteiger partial charge >= 0.3 is 0 Å². The van der Waals surface area contributed by atoms with Crippen LogP contribution in [-0.4, -0.2) is 10.8 Å². The predicted octanol–water partition coefficient (Wildman–Crippen LogP) is 3.89. The van der Waals surface area contributed by atoms with Gasteiger partial charge in [-0.25, -0.2) is 0 Å². The molecule has 0 saturated carbocycles. The lowest BCUT2D eigenvalue weighted by molar-refractivity contribution is 0.106. The van der Waals surface area contributed by atoms with Crippen LogP contribution in [0.1, 0.15) is 28.6 Å². The first kappa shape index (κ1) is 18.5. The van der Waals surface area contributed by atoms with Crippen molar-refractivity contribution in [1.29, 1.82) is 0 Å². The van der Waals surface area contributed by atoms with Crippen molar-refractivity contribution in [2.75, 3.05) is 0 Å². The minimum absolute atomic E-state index is 0.191. The fourth-order valence-electron chi connectivity index (χ4n) is 3.01. The van der Waals surface area contributed by atoms with Gasteiger partial charge in [-0.2, -0.15) is 0 Å². The average molecular weight is 410 g/mol. The van der Waals surface area contributed by atoms with E-state index in [9.17, 15) is 9.59 Å². The molecule has 2 aromatic heterocycles. The molecule has 0 amide bonds. The van der Waals surface area contributed by atoms with Crippen molar-refractivity contribution in [2.24, 2.45) is 0 Å². The number of ketones is 1. The van der Waals surface area contributed by atoms with E-state index in [1.54, 1.807) is 24.3 Å². The molecule has 4 rings (SSSR count). The minimum atomic E-state index is -0.229. The second-order valence-corrected chi connectivity index (χ2v) is 7.75. The highest BCUT2D eigenvalue weighted by Gasteiger charge is 2.11. The third-order valence-electron chi connectivity index (χ3n) is 4.38. The summed E-state index contributed by atoms with van der Waals surface area (Å²) in [7, 11) is 0. The van der Waals surface area contributed by atoms with Crippen molar-refractivity contribution in [3.05, 3.63) is 90.0 Å². The Hall–Kier alpha value is -2.89. The van der Waals surface area contributed by atoms with Gasteiger partial charge in [0, 0.05) is 34.0 Å². The summed E-state index contributed by atoms with van der Waals surface area (Å²) >= 11 is 7.10. The smallest absolute Gasteiger partial charge is 0.266 e. The Morgan fingerprint density at radius 1 is 1.18 bits per heavy atom. The van der Waals surface area contributed by atoms with E-state index in [0.717, 1.165) is 28.7 Å². The Morgan fingerprint density at radius 3 is 2.68 bits per heavy atom. The van der Waals surface area contributed by atoms with Crippen LogP contribution in [0.3, 0.4) is 0 Å². The van der Waals surface area contributed by atoms with Crippen LogP contribution in [0, 0.1) is 0 Å². The van der Waals surface area contributed by atoms with Crippen molar-refractivity contribution >= 4 is 51.8 Å². The van der Waals surface area contributed by atoms with Crippen LogP contribution in [0.5, 0.6) is 0 Å². The fourth-order valence-corrected chi connectivity index (χ4v) is 4.00. The molecule has 2 aromatic carbocycles. The second kappa shape index (κ2) is 7.62. The van der Waals surface area contributed by atoms with Gasteiger partial charge in [0.2, 0.25) is 0 Å². The van der Waals surface area contributed by atoms with Crippen LogP contribution in [-0.2, 0) is 6.42 Å². The zero-order valence-electron chi connectivity index (χ0n) is 15.0. The molecule has 0 bridgehead atoms. The van der Waals surface area contributed by atoms with Crippen molar-refractivity contribution in [3.8, 4) is 0 Å². The SMILES string of the molecule is CCc1oc2ccccc2c1/C=c1\s/c(=C\C(=O)c2ccc(Cl)cc2)[nH]c1=O. The summed E-state index contributed by atoms with van der Waals surface area (Å²) in [5.41, 5.74) is 1.98. The summed E-state index contributed by atoms with van der Waals surface area (Å²) in [6.45, 7) is 2.01. The van der Waals surface area contributed by atoms with Crippen molar-refractivity contribution in [3.63, 3.8) is 0 Å². The number of carbonyl (C=O) groups excluding carboxylic acids is 1. The third-order valence-corrected chi connectivity index (χ3v) is 5.59. The van der Waals surface area contributed by atoms with Gasteiger partial charge in [-0.15, -0.1) is 11.3 Å². The number of benzene rings is 2. The van der Waals surface area contributed by atoms with Gasteiger partial charge in [-0.05, 0) is 36.4 Å². The van der Waals surface area contributed by atoms with Crippen molar-refractivity contribution in [1.82, 2.24) is 4.98 Å². The van der Waals surface area contributed by atoms with Gasteiger partial charge < -0.3 is 9.40 Å². The average Bonchev–Trinajstić information content (AvgIpc) is 3.22. The quantitative estimate of drug-likeness (QED) is 0.520. The maximum Gasteiger partial charge on any atom is 0.266 e. The number of aryl methyl sites for hydroxylation is 1. The number of aromatic nitrogens is 1. The molecule has 4 aromatic rings. The molecule has 0 aliphatic heterocycles. The Morgan fingerprint density at radius 2 is 1.93 bits per heavy atom. The number of halogens is 1. The molecule has 0 aliphatic rings. The van der Waals surface area contributed by atoms with E-state index < -0.39 is 0 Å². The third kappa shape index (κ3) is 3.59. The normalized spacial score (nSPS) is 12.8. The van der Waals surface area contributed by atoms with Gasteiger partial charge in [0.05, 0.1) is 9.20 Å². The van der Waals surface area contributed by atoms with Crippen LogP contribution >= 0.6 is 22.9 Å². The van der Waals surface area contributed by atoms with Crippen LogP contribution in [0.4, 0.5) is 0 Å². The van der Waals surface area contributed by atoms with E-state index in [4.69, 9.17) is 16.0 Å². The summed E-state index contributed by atoms with van der Waals surface area (Å²) in [5, 5.41) is 1.53. The topological polar surface area (TPSA) is 63.1 Å². The first-order chi connectivity index (χ1) is 13.5. The van der Waals surface area contributed by atoms with E-state index >= 15 is 0 Å². The highest BCUT2D eigenvalue weighted by Crippen LogP contribution is 2.26. The van der Waals surface area contributed by atoms with Gasteiger partial charge in [0.1, 0.15) is 11.3 Å². The number of hydrogen-bond acceptors (Lipinski definition) is 4. The van der Waals surface area contributed by atoms with Gasteiger partial charge in [0.25, 0.3) is 5.56 Å². The molecule has 0 saturated heterocycles. The molecule has 6 heteroatoms. The van der Waals surface area contributed by atoms with E-state index in [1.165, 1.54) is 17.4 Å². The Balaban J connectivity index is 1.79. The number of H-pyrrole nitrogens is 1. The van der Waals surface area contributed by atoms with Crippen LogP contribution < -0.4 is 14.8 Å². The zero-order valence-corrected chi connectivity index (χ0v) is 16.6. The number of thiazole rings is 1. The van der Waals surface area contributed by atoms with Crippen molar-refractivity contribution < 1.29 is 9.21 Å². The molecule has 0 spiro atoms. The number of fused-ring (bicyclic) bond motifs is 1. The maximum atomic E-state index is 12.4. The summed E-state index contributed by atoms with van der Waals surface area (Å²) < 4.78 is 6.91. The summed E-state index contributed by atoms with van der Waals surface area (Å²) in [6, 6.07) is 14.4. The molecular weight excluding hydrogens is 394 g/mol. The molecule has 1 N–H and O–H groups in total. The number of hydrogen-bond donors (Lipinski definition) is 1. The molecule has 0 atom stereocenters. The number of aromatic amines is 1. The Labute approximate surface area is 169 Å². The standard InChI is InChI=1S/C22H16ClNO3S/c1-2-18-16(15-5-3-4-6-19(15)27-18)11-20-22(26)24-21(28-20)12-17(25)13-7-9-14(23)10-8-13/h3-12H,2H2,1H3,(H,24,26)/b20-11-,21-12-. The van der Waals surface area contributed by atoms with E-state index in [0.29, 0.717) is 19.8 Å². The molecule has 0 fully saturated rings. The monoisotopic (exact) mass is 409 g/mol. The largest absolute Gasteiger partial charge is 0.460 e. The van der Waals surface area contributed by atoms with Crippen LogP contribution in [0.15, 0.2) is 57.7 Å². The molecule has 2 heterocycles. The molecule has 0 unspecified atom stereocenters. The summed E-state index contributed by atoms with van der Waals surface area (Å²) in [6.07, 6.45) is 3.98. The first-order valence-corrected chi connectivity index (χ1v) is 9.97. The van der Waals surface area contributed by atoms with Gasteiger partial charge in [0.15, 0.2) is 5.78 Å². The van der Waals surface area contributed by atoms with Crippen LogP contribution in [0.25, 0.3) is 23.1 Å². The maximum absolute atomic E-state index is 12.4. The molecule has 140 valence electrons. The molecule has 4 nitrogen and oxygen atoms in total. The van der Waals surface area contributed by atoms with Gasteiger partial charge in [-0.1, -0.05) is 36.7 Å². The molecule has 28 heavy (non-hydrogen) atoms. The fraction of sp³-hybridized carbons (Fsp3) is 0.0909. The lowest BCUT2D eigenvalue weighted by Gasteiger charge is -1.94. The molecule has 0 aliphatic carbocycles. The highest BCUT2D eigenvalue weighted by atomic mass is 35.5. The molecular formula is C22H16ClNO3S. The second-order valence-electron chi connectivity index (χ2n) is 6.23. The number of para-hydroxylation sites is 1. The first-order valence-electron chi connectivity index (χ1n) is 8.78. The van der Waals surface area contributed by atoms with Gasteiger partial charge in [-0.3, -0.25) is 9.59 Å². The number of Topliss-reactive ketones (excluding diaryl/α,β-unsaturated/α-hetero) is 1. The van der Waals surface area contributed by atoms with E-state index in [-0.39, 0.29) is 11.3 Å². The van der Waals surface area contributed by atoms with E-state index in [2.05, 4.69) is 4.98 Å². The minimum Gasteiger partial charge on any atom is -0.460 e. The molecule has 0 radical (unpaired) electrons. The summed E-state index contributed by atoms with van der Waals surface area (Å²) in [5.74, 6) is 0.639. The van der Waals surface area contributed by atoms with Crippen LogP contribution in [0.2, 0.25) is 5.02 Å². The number of carbonyl (C=O) groups is 1. The number of nitrogens with one attached hydrogen (secondary N) is 1. The summed E-state index contributed by atoms with van der Waals surface area (Å²) in [4.78, 5) is 27.6. The Kier molecular flexibility index (Phi) is 5.03. The lowest BCUT2D eigenvalue weighted by Crippen LogP contribution is -2.20. The number of furan rings is 1. The zero-order chi connectivity index (χ0) is 19.7. The lowest BCUT2D eigenvalue weighted by atomic mass is 10.1. The predicted molar refractivity (Wildman–Crippen MR) is 114 cm³/mol. The number of rotatable bonds is 4. The Bertz CT molecular complexity index is 1340. The van der Waals surface area contributed by atoms with E-state index in [1.807, 2.05) is 37.3 Å².